The van der Waals surface area contributed by atoms with E-state index >= 15 is 0 Å². The molecule has 5 heteroatoms. The highest BCUT2D eigenvalue weighted by molar-refractivity contribution is 6.11. The predicted molar refractivity (Wildman–Crippen MR) is 109 cm³/mol. The van der Waals surface area contributed by atoms with E-state index in [2.05, 4.69) is 10.3 Å². The summed E-state index contributed by atoms with van der Waals surface area (Å²) < 4.78 is 0. The summed E-state index contributed by atoms with van der Waals surface area (Å²) >= 11 is 0. The van der Waals surface area contributed by atoms with Crippen LogP contribution < -0.4 is 10.2 Å². The Morgan fingerprint density at radius 3 is 2.79 bits per heavy atom. The molecule has 1 N–H and O–H groups in total. The van der Waals surface area contributed by atoms with Crippen molar-refractivity contribution in [2.24, 2.45) is 5.92 Å². The monoisotopic (exact) mass is 377 g/mol. The highest BCUT2D eigenvalue weighted by atomic mass is 16.2. The van der Waals surface area contributed by atoms with Gasteiger partial charge < -0.3 is 5.32 Å². The molecule has 0 bridgehead atoms. The molecule has 0 saturated heterocycles. The molecule has 1 aliphatic carbocycles. The van der Waals surface area contributed by atoms with Gasteiger partial charge in [0, 0.05) is 18.4 Å². The third-order valence-corrected chi connectivity index (χ3v) is 5.89. The summed E-state index contributed by atoms with van der Waals surface area (Å²) in [7, 11) is 0. The van der Waals surface area contributed by atoms with Crippen LogP contribution in [0.4, 0.5) is 5.69 Å². The molecule has 1 atom stereocenters. The minimum absolute atomic E-state index is 0.0143. The maximum Gasteiger partial charge on any atom is 0.260 e. The molecule has 1 aliphatic heterocycles. The molecule has 0 radical (unpaired) electrons. The lowest BCUT2D eigenvalue weighted by molar-refractivity contribution is -0.121. The van der Waals surface area contributed by atoms with E-state index < -0.39 is 0 Å². The third kappa shape index (κ3) is 3.79. The molecule has 1 aromatic carbocycles. The van der Waals surface area contributed by atoms with Gasteiger partial charge >= 0.3 is 0 Å². The Hall–Kier alpha value is -2.69. The number of carbonyl (C=O) groups excluding carboxylic acids is 2. The van der Waals surface area contributed by atoms with E-state index in [1.807, 2.05) is 31.2 Å². The summed E-state index contributed by atoms with van der Waals surface area (Å²) in [5.41, 5.74) is 3.18. The lowest BCUT2D eigenvalue weighted by Gasteiger charge is -2.26. The Labute approximate surface area is 166 Å². The number of rotatable bonds is 5. The van der Waals surface area contributed by atoms with Gasteiger partial charge in [-0.2, -0.15) is 0 Å². The number of carbonyl (C=O) groups is 2. The zero-order valence-electron chi connectivity index (χ0n) is 16.4. The first-order chi connectivity index (χ1) is 13.6. The summed E-state index contributed by atoms with van der Waals surface area (Å²) in [6, 6.07) is 11.1. The minimum atomic E-state index is -0.364. The van der Waals surface area contributed by atoms with E-state index in [0.717, 1.165) is 17.8 Å². The Morgan fingerprint density at radius 1 is 1.18 bits per heavy atom. The number of hydrogen-bond acceptors (Lipinski definition) is 3. The second-order valence-electron chi connectivity index (χ2n) is 7.98. The smallest absolute Gasteiger partial charge is 0.260 e. The molecule has 2 aromatic rings. The van der Waals surface area contributed by atoms with Crippen molar-refractivity contribution in [2.75, 3.05) is 11.4 Å². The Morgan fingerprint density at radius 2 is 2.00 bits per heavy atom. The molecule has 0 spiro atoms. The molecular formula is C23H27N3O2. The van der Waals surface area contributed by atoms with Crippen LogP contribution in [0, 0.1) is 12.8 Å². The van der Waals surface area contributed by atoms with Gasteiger partial charge in [0.2, 0.25) is 5.91 Å². The number of anilines is 1. The normalized spacial score (nSPS) is 19.5. The molecule has 1 fully saturated rings. The van der Waals surface area contributed by atoms with E-state index in [4.69, 9.17) is 0 Å². The molecule has 5 nitrogen and oxygen atoms in total. The van der Waals surface area contributed by atoms with Crippen LogP contribution >= 0.6 is 0 Å². The largest absolute Gasteiger partial charge is 0.356 e. The first kappa shape index (κ1) is 18.7. The van der Waals surface area contributed by atoms with Crippen LogP contribution in [-0.4, -0.2) is 23.3 Å². The van der Waals surface area contributed by atoms with E-state index in [9.17, 15) is 9.59 Å². The van der Waals surface area contributed by atoms with Crippen LogP contribution in [0.5, 0.6) is 0 Å². The van der Waals surface area contributed by atoms with E-state index in [0.29, 0.717) is 17.2 Å². The lowest BCUT2D eigenvalue weighted by atomic mass is 9.89. The standard InChI is InChI=1S/C23H27N3O2/c1-16-7-5-10-18(13-16)26-20(22-19(23(26)28)11-6-12-24-22)14-21(27)25-15-17-8-3-2-4-9-17/h5-7,10-13,17,20H,2-4,8-9,14-15H2,1H3,(H,25,27)/t20-/m1/s1. The van der Waals surface area contributed by atoms with Crippen molar-refractivity contribution in [2.45, 2.75) is 51.5 Å². The van der Waals surface area contributed by atoms with Gasteiger partial charge in [-0.3, -0.25) is 19.5 Å². The summed E-state index contributed by atoms with van der Waals surface area (Å²) in [6.07, 6.45) is 8.15. The van der Waals surface area contributed by atoms with Gasteiger partial charge in [-0.05, 0) is 55.5 Å². The number of fused-ring (bicyclic) bond motifs is 1. The summed E-state index contributed by atoms with van der Waals surface area (Å²) in [6.45, 7) is 2.74. The average Bonchev–Trinajstić information content (AvgIpc) is 2.99. The molecule has 28 heavy (non-hydrogen) atoms. The number of hydrogen-bond donors (Lipinski definition) is 1. The third-order valence-electron chi connectivity index (χ3n) is 5.89. The fourth-order valence-electron chi connectivity index (χ4n) is 4.42. The molecule has 2 amide bonds. The molecule has 4 rings (SSSR count). The maximum atomic E-state index is 13.1. The molecule has 146 valence electrons. The van der Waals surface area contributed by atoms with Gasteiger partial charge in [0.15, 0.2) is 0 Å². The predicted octanol–water partition coefficient (Wildman–Crippen LogP) is 4.18. The van der Waals surface area contributed by atoms with E-state index in [1.54, 1.807) is 23.2 Å². The summed E-state index contributed by atoms with van der Waals surface area (Å²) in [4.78, 5) is 32.0. The van der Waals surface area contributed by atoms with Crippen molar-refractivity contribution in [3.63, 3.8) is 0 Å². The van der Waals surface area contributed by atoms with Gasteiger partial charge in [-0.1, -0.05) is 31.4 Å². The number of nitrogens with zero attached hydrogens (tertiary/aromatic N) is 2. The number of aryl methyl sites for hydroxylation is 1. The average molecular weight is 377 g/mol. The van der Waals surface area contributed by atoms with Crippen molar-refractivity contribution in [3.8, 4) is 0 Å². The van der Waals surface area contributed by atoms with Gasteiger partial charge in [0.25, 0.3) is 5.91 Å². The molecule has 1 aromatic heterocycles. The number of amides is 2. The number of aromatic nitrogens is 1. The van der Waals surface area contributed by atoms with Crippen LogP contribution in [0.3, 0.4) is 0 Å². The van der Waals surface area contributed by atoms with Crippen LogP contribution in [-0.2, 0) is 4.79 Å². The first-order valence-corrected chi connectivity index (χ1v) is 10.3. The molecule has 0 unspecified atom stereocenters. The Balaban J connectivity index is 1.53. The first-order valence-electron chi connectivity index (χ1n) is 10.3. The van der Waals surface area contributed by atoms with Crippen molar-refractivity contribution < 1.29 is 9.59 Å². The highest BCUT2D eigenvalue weighted by Gasteiger charge is 2.39. The Kier molecular flexibility index (Phi) is 5.42. The van der Waals surface area contributed by atoms with Crippen molar-refractivity contribution in [1.82, 2.24) is 10.3 Å². The summed E-state index contributed by atoms with van der Waals surface area (Å²) in [5, 5.41) is 3.10. The lowest BCUT2D eigenvalue weighted by Crippen LogP contribution is -2.35. The molecule has 2 aliphatic rings. The molecule has 2 heterocycles. The van der Waals surface area contributed by atoms with Crippen LogP contribution in [0.1, 0.15) is 66.2 Å². The van der Waals surface area contributed by atoms with Gasteiger partial charge in [-0.25, -0.2) is 0 Å². The Bertz CT molecular complexity index is 874. The number of pyridine rings is 1. The topological polar surface area (TPSA) is 62.3 Å². The van der Waals surface area contributed by atoms with Crippen LogP contribution in [0.25, 0.3) is 0 Å². The SMILES string of the molecule is Cc1cccc(N2C(=O)c3cccnc3[C@H]2CC(=O)NCC2CCCCC2)c1. The highest BCUT2D eigenvalue weighted by Crippen LogP contribution is 2.38. The van der Waals surface area contributed by atoms with Crippen LogP contribution in [0.15, 0.2) is 42.6 Å². The number of benzene rings is 1. The fraction of sp³-hybridized carbons (Fsp3) is 0.435. The molecular weight excluding hydrogens is 350 g/mol. The van der Waals surface area contributed by atoms with E-state index in [1.165, 1.54) is 32.1 Å². The summed E-state index contributed by atoms with van der Waals surface area (Å²) in [5.74, 6) is 0.486. The van der Waals surface area contributed by atoms with Crippen molar-refractivity contribution in [1.29, 1.82) is 0 Å². The zero-order chi connectivity index (χ0) is 19.5. The van der Waals surface area contributed by atoms with Gasteiger partial charge in [0.05, 0.1) is 23.7 Å². The maximum absolute atomic E-state index is 13.1. The van der Waals surface area contributed by atoms with Gasteiger partial charge in [-0.15, -0.1) is 0 Å². The number of nitrogens with one attached hydrogen (secondary N) is 1. The van der Waals surface area contributed by atoms with Crippen molar-refractivity contribution in [3.05, 3.63) is 59.4 Å². The van der Waals surface area contributed by atoms with Crippen molar-refractivity contribution >= 4 is 17.5 Å². The van der Waals surface area contributed by atoms with Gasteiger partial charge in [0.1, 0.15) is 0 Å². The minimum Gasteiger partial charge on any atom is -0.356 e. The quantitative estimate of drug-likeness (QED) is 0.850. The van der Waals surface area contributed by atoms with Crippen LogP contribution in [0.2, 0.25) is 0 Å². The van der Waals surface area contributed by atoms with E-state index in [-0.39, 0.29) is 24.3 Å². The second-order valence-corrected chi connectivity index (χ2v) is 7.98. The second kappa shape index (κ2) is 8.13. The zero-order valence-corrected chi connectivity index (χ0v) is 16.4. The fourth-order valence-corrected chi connectivity index (χ4v) is 4.42. The molecule has 1 saturated carbocycles.